The number of hydrogen-bond acceptors (Lipinski definition) is 2. The van der Waals surface area contributed by atoms with Crippen molar-refractivity contribution in [2.24, 2.45) is 0 Å². The van der Waals surface area contributed by atoms with Crippen molar-refractivity contribution in [2.75, 3.05) is 9.80 Å². The third-order valence-electron chi connectivity index (χ3n) is 13.4. The van der Waals surface area contributed by atoms with Crippen LogP contribution in [0, 0.1) is 41.5 Å². The second-order valence-electron chi connectivity index (χ2n) is 18.9. The Kier molecular flexibility index (Phi) is 10.1. The summed E-state index contributed by atoms with van der Waals surface area (Å²) in [7, 11) is 0. The fraction of sp³-hybridized carbons (Fsp3) is 0.161. The third kappa shape index (κ3) is 6.81. The lowest BCUT2D eigenvalue weighted by molar-refractivity contribution is 0.591. The monoisotopic (exact) mass is 828 g/mol. The molecule has 314 valence electrons. The van der Waals surface area contributed by atoms with Crippen molar-refractivity contribution < 1.29 is 0 Å². The molecule has 0 N–H and O–H groups in total. The summed E-state index contributed by atoms with van der Waals surface area (Å²) in [5.41, 5.74) is 20.5. The molecular formula is C62H56N2. The molecule has 0 atom stereocenters. The molecule has 0 radical (unpaired) electrons. The highest BCUT2D eigenvalue weighted by Gasteiger charge is 2.30. The van der Waals surface area contributed by atoms with E-state index in [4.69, 9.17) is 0 Å². The molecule has 0 heterocycles. The molecule has 2 heteroatoms. The van der Waals surface area contributed by atoms with Crippen LogP contribution in [0.4, 0.5) is 34.1 Å². The lowest BCUT2D eigenvalue weighted by Crippen LogP contribution is -2.19. The van der Waals surface area contributed by atoms with Crippen LogP contribution in [0.5, 0.6) is 0 Å². The summed E-state index contributed by atoms with van der Waals surface area (Å²) in [6.45, 7) is 20.6. The van der Waals surface area contributed by atoms with E-state index in [2.05, 4.69) is 248 Å². The number of hydrogen-bond donors (Lipinski definition) is 0. The van der Waals surface area contributed by atoms with E-state index in [-0.39, 0.29) is 5.41 Å². The van der Waals surface area contributed by atoms with Crippen LogP contribution >= 0.6 is 0 Å². The van der Waals surface area contributed by atoms with Gasteiger partial charge in [-0.1, -0.05) is 191 Å². The summed E-state index contributed by atoms with van der Waals surface area (Å²) in [6.07, 6.45) is 0. The fourth-order valence-electron chi connectivity index (χ4n) is 10.3. The van der Waals surface area contributed by atoms with Crippen molar-refractivity contribution in [1.29, 1.82) is 0 Å². The Morgan fingerprint density at radius 3 is 1.06 bits per heavy atom. The fourth-order valence-corrected chi connectivity index (χ4v) is 10.3. The van der Waals surface area contributed by atoms with E-state index in [1.165, 1.54) is 116 Å². The van der Waals surface area contributed by atoms with E-state index in [0.717, 1.165) is 11.4 Å². The first kappa shape index (κ1) is 40.9. The average molecular weight is 829 g/mol. The van der Waals surface area contributed by atoms with Gasteiger partial charge in [-0.15, -0.1) is 0 Å². The first-order valence-corrected chi connectivity index (χ1v) is 22.7. The number of nitrogens with zero attached hydrogens (tertiary/aromatic N) is 2. The van der Waals surface area contributed by atoms with Crippen LogP contribution in [-0.4, -0.2) is 0 Å². The van der Waals surface area contributed by atoms with Gasteiger partial charge in [0.05, 0.1) is 34.1 Å². The summed E-state index contributed by atoms with van der Waals surface area (Å²) in [6, 6.07) is 65.8. The Labute approximate surface area is 379 Å². The summed E-state index contributed by atoms with van der Waals surface area (Å²) in [5.74, 6) is 0. The molecule has 0 saturated heterocycles. The van der Waals surface area contributed by atoms with Crippen molar-refractivity contribution in [3.8, 4) is 22.3 Å². The molecule has 0 aromatic heterocycles. The number of para-hydroxylation sites is 4. The average Bonchev–Trinajstić information content (AvgIpc) is 3.28. The number of benzene rings is 10. The molecule has 0 spiro atoms. The summed E-state index contributed by atoms with van der Waals surface area (Å²) >= 11 is 0. The maximum atomic E-state index is 2.61. The maximum absolute atomic E-state index is 2.61. The van der Waals surface area contributed by atoms with Gasteiger partial charge in [0.2, 0.25) is 0 Å². The van der Waals surface area contributed by atoms with E-state index < -0.39 is 0 Å². The van der Waals surface area contributed by atoms with Crippen LogP contribution in [-0.2, 0) is 5.41 Å². The van der Waals surface area contributed by atoms with Gasteiger partial charge in [0, 0.05) is 27.3 Å². The first-order chi connectivity index (χ1) is 30.9. The zero-order valence-corrected chi connectivity index (χ0v) is 38.6. The summed E-state index contributed by atoms with van der Waals surface area (Å²) in [5, 5.41) is 7.56. The van der Waals surface area contributed by atoms with Gasteiger partial charge in [-0.3, -0.25) is 0 Å². The van der Waals surface area contributed by atoms with E-state index in [1.54, 1.807) is 0 Å². The van der Waals surface area contributed by atoms with Gasteiger partial charge < -0.3 is 9.80 Å². The summed E-state index contributed by atoms with van der Waals surface area (Å²) in [4.78, 5) is 5.22. The Hall–Kier alpha value is -7.16. The van der Waals surface area contributed by atoms with Gasteiger partial charge in [-0.2, -0.15) is 0 Å². The van der Waals surface area contributed by atoms with Crippen LogP contribution < -0.4 is 9.80 Å². The van der Waals surface area contributed by atoms with Crippen LogP contribution in [0.2, 0.25) is 0 Å². The van der Waals surface area contributed by atoms with Crippen molar-refractivity contribution in [2.45, 2.75) is 67.7 Å². The van der Waals surface area contributed by atoms with Gasteiger partial charge in [0.25, 0.3) is 0 Å². The van der Waals surface area contributed by atoms with Crippen LogP contribution in [0.3, 0.4) is 0 Å². The molecule has 10 aromatic carbocycles. The molecule has 0 aliphatic carbocycles. The van der Waals surface area contributed by atoms with E-state index in [9.17, 15) is 0 Å². The highest BCUT2D eigenvalue weighted by molar-refractivity contribution is 6.29. The molecule has 0 saturated carbocycles. The second-order valence-corrected chi connectivity index (χ2v) is 18.9. The zero-order valence-electron chi connectivity index (χ0n) is 38.6. The molecule has 0 aliphatic heterocycles. The minimum absolute atomic E-state index is 0.00352. The highest BCUT2D eigenvalue weighted by Crippen LogP contribution is 2.55. The number of rotatable bonds is 8. The molecule has 0 unspecified atom stereocenters. The van der Waals surface area contributed by atoms with Crippen LogP contribution in [0.1, 0.15) is 59.7 Å². The topological polar surface area (TPSA) is 6.48 Å². The molecule has 10 rings (SSSR count). The molecule has 10 aromatic rings. The Morgan fingerprint density at radius 2 is 0.688 bits per heavy atom. The highest BCUT2D eigenvalue weighted by atomic mass is 15.2. The molecule has 0 amide bonds. The molecular weight excluding hydrogens is 773 g/mol. The van der Waals surface area contributed by atoms with Gasteiger partial charge in [-0.25, -0.2) is 0 Å². The van der Waals surface area contributed by atoms with Crippen LogP contribution in [0.15, 0.2) is 176 Å². The number of aryl methyl sites for hydroxylation is 6. The molecule has 0 aliphatic rings. The van der Waals surface area contributed by atoms with Gasteiger partial charge >= 0.3 is 0 Å². The van der Waals surface area contributed by atoms with Crippen LogP contribution in [0.25, 0.3) is 54.6 Å². The van der Waals surface area contributed by atoms with Crippen molar-refractivity contribution >= 4 is 66.4 Å². The Morgan fingerprint density at radius 1 is 0.328 bits per heavy atom. The quantitative estimate of drug-likeness (QED) is 0.141. The predicted octanol–water partition coefficient (Wildman–Crippen LogP) is 18.0. The normalized spacial score (nSPS) is 11.8. The smallest absolute Gasteiger partial charge is 0.0569 e. The molecule has 0 bridgehead atoms. The molecule has 0 fully saturated rings. The van der Waals surface area contributed by atoms with Crippen molar-refractivity contribution in [3.63, 3.8) is 0 Å². The zero-order chi connectivity index (χ0) is 44.4. The predicted molar refractivity (Wildman–Crippen MR) is 278 cm³/mol. The Balaban J connectivity index is 1.44. The SMILES string of the molecule is Cc1cccc(C)c1N(c1c(C)cccc1-c1ccccc1)c1cc(N(c2c(C)cccc2C)c2c(C)cccc2-c2ccccc2)c2ccc3cc(C(C)(C)C)cc4ccc1c2c43. The van der Waals surface area contributed by atoms with Gasteiger partial charge in [-0.05, 0) is 119 Å². The van der Waals surface area contributed by atoms with E-state index in [0.29, 0.717) is 0 Å². The van der Waals surface area contributed by atoms with E-state index in [1.807, 2.05) is 0 Å². The molecule has 2 nitrogen and oxygen atoms in total. The van der Waals surface area contributed by atoms with Gasteiger partial charge in [0.1, 0.15) is 0 Å². The standard InChI is InChI=1S/C62H56N2/c1-39-20-16-21-40(2)58(39)63(60-43(5)24-18-30-50(60)45-26-12-10-13-27-45)54-38-55(53-35-33-48-37-49(62(7,8)9)36-47-32-34-52(54)57(53)56(47)48)64(59-41(3)22-17-23-42(59)4)61-44(6)25-19-31-51(61)46-28-14-11-15-29-46/h10-38H,1-9H3. The van der Waals surface area contributed by atoms with Crippen molar-refractivity contribution in [1.82, 2.24) is 0 Å². The van der Waals surface area contributed by atoms with Crippen molar-refractivity contribution in [3.05, 3.63) is 215 Å². The lowest BCUT2D eigenvalue weighted by atomic mass is 9.83. The second kappa shape index (κ2) is 15.9. The summed E-state index contributed by atoms with van der Waals surface area (Å²) < 4.78 is 0. The Bertz CT molecular complexity index is 3120. The first-order valence-electron chi connectivity index (χ1n) is 22.7. The molecule has 64 heavy (non-hydrogen) atoms. The van der Waals surface area contributed by atoms with Gasteiger partial charge in [0.15, 0.2) is 0 Å². The minimum Gasteiger partial charge on any atom is -0.308 e. The minimum atomic E-state index is -0.00352. The third-order valence-corrected chi connectivity index (χ3v) is 13.4. The lowest BCUT2D eigenvalue weighted by Gasteiger charge is -2.37. The number of anilines is 6. The maximum Gasteiger partial charge on any atom is 0.0569 e. The van der Waals surface area contributed by atoms with E-state index >= 15 is 0 Å². The largest absolute Gasteiger partial charge is 0.308 e.